The second kappa shape index (κ2) is 3.60. The summed E-state index contributed by atoms with van der Waals surface area (Å²) in [6.07, 6.45) is 0. The molecule has 0 unspecified atom stereocenters. The third-order valence-electron chi connectivity index (χ3n) is 2.00. The van der Waals surface area contributed by atoms with Crippen molar-refractivity contribution in [1.82, 2.24) is 0 Å². The van der Waals surface area contributed by atoms with Gasteiger partial charge in [-0.2, -0.15) is 0 Å². The molecule has 1 aromatic carbocycles. The van der Waals surface area contributed by atoms with Crippen LogP contribution in [-0.2, 0) is 0 Å². The van der Waals surface area contributed by atoms with Crippen molar-refractivity contribution >= 4 is 5.78 Å². The van der Waals surface area contributed by atoms with Gasteiger partial charge in [-0.05, 0) is 38.0 Å². The molecule has 0 atom stereocenters. The summed E-state index contributed by atoms with van der Waals surface area (Å²) < 4.78 is 5.17. The lowest BCUT2D eigenvalue weighted by Gasteiger charge is -2.10. The quantitative estimate of drug-likeness (QED) is 0.650. The minimum absolute atomic E-state index is 0.0450. The van der Waals surface area contributed by atoms with Gasteiger partial charge in [0.05, 0.1) is 12.7 Å². The molecule has 70 valence electrons. The van der Waals surface area contributed by atoms with Crippen LogP contribution in [0.15, 0.2) is 12.1 Å². The van der Waals surface area contributed by atoms with Gasteiger partial charge in [-0.15, -0.1) is 0 Å². The van der Waals surface area contributed by atoms with Crippen molar-refractivity contribution < 1.29 is 9.53 Å². The van der Waals surface area contributed by atoms with Crippen LogP contribution in [0, 0.1) is 13.8 Å². The maximum absolute atomic E-state index is 11.2. The Morgan fingerprint density at radius 2 is 1.92 bits per heavy atom. The number of Topliss-reactive ketones (excluding diaryl/α,β-unsaturated/α-hetero) is 1. The Bertz CT molecular complexity index is 340. The standard InChI is InChI=1S/C11H14O2/c1-7-5-8(2)11(13-4)10(6-7)9(3)12/h5-6H,1-4H3. The molecule has 0 aliphatic heterocycles. The summed E-state index contributed by atoms with van der Waals surface area (Å²) >= 11 is 0. The fourth-order valence-corrected chi connectivity index (χ4v) is 1.49. The van der Waals surface area contributed by atoms with Gasteiger partial charge in [0, 0.05) is 0 Å². The summed E-state index contributed by atoms with van der Waals surface area (Å²) in [4.78, 5) is 11.2. The summed E-state index contributed by atoms with van der Waals surface area (Å²) in [5.74, 6) is 0.738. The highest BCUT2D eigenvalue weighted by Crippen LogP contribution is 2.25. The SMILES string of the molecule is COc1c(C)cc(C)cc1C(C)=O. The first-order chi connectivity index (χ1) is 6.06. The first-order valence-electron chi connectivity index (χ1n) is 4.22. The molecule has 0 amide bonds. The monoisotopic (exact) mass is 178 g/mol. The first kappa shape index (κ1) is 9.78. The van der Waals surface area contributed by atoms with Crippen LogP contribution in [0.4, 0.5) is 0 Å². The van der Waals surface area contributed by atoms with E-state index in [2.05, 4.69) is 0 Å². The van der Waals surface area contributed by atoms with E-state index in [1.807, 2.05) is 26.0 Å². The predicted molar refractivity (Wildman–Crippen MR) is 52.5 cm³/mol. The van der Waals surface area contributed by atoms with E-state index in [-0.39, 0.29) is 5.78 Å². The molecule has 0 aromatic heterocycles. The normalized spacial score (nSPS) is 9.85. The largest absolute Gasteiger partial charge is 0.496 e. The molecule has 0 aliphatic carbocycles. The molecule has 13 heavy (non-hydrogen) atoms. The molecule has 2 heteroatoms. The molecule has 0 spiro atoms. The van der Waals surface area contributed by atoms with E-state index in [0.717, 1.165) is 11.1 Å². The molecule has 2 nitrogen and oxygen atoms in total. The van der Waals surface area contributed by atoms with E-state index in [0.29, 0.717) is 11.3 Å². The Hall–Kier alpha value is -1.31. The average Bonchev–Trinajstić information content (AvgIpc) is 2.02. The molecule has 0 radical (unpaired) electrons. The van der Waals surface area contributed by atoms with Gasteiger partial charge in [0.25, 0.3) is 0 Å². The highest BCUT2D eigenvalue weighted by Gasteiger charge is 2.10. The molecule has 1 rings (SSSR count). The summed E-state index contributed by atoms with van der Waals surface area (Å²) in [5.41, 5.74) is 2.76. The van der Waals surface area contributed by atoms with Gasteiger partial charge in [0.2, 0.25) is 0 Å². The van der Waals surface area contributed by atoms with Gasteiger partial charge < -0.3 is 4.74 Å². The summed E-state index contributed by atoms with van der Waals surface area (Å²) in [5, 5.41) is 0. The van der Waals surface area contributed by atoms with Crippen molar-refractivity contribution in [3.8, 4) is 5.75 Å². The highest BCUT2D eigenvalue weighted by atomic mass is 16.5. The highest BCUT2D eigenvalue weighted by molar-refractivity contribution is 5.97. The van der Waals surface area contributed by atoms with Gasteiger partial charge >= 0.3 is 0 Å². The maximum atomic E-state index is 11.2. The molecule has 0 N–H and O–H groups in total. The number of methoxy groups -OCH3 is 1. The number of benzene rings is 1. The fourth-order valence-electron chi connectivity index (χ4n) is 1.49. The number of carbonyl (C=O) groups is 1. The molecule has 0 bridgehead atoms. The Balaban J connectivity index is 3.38. The molecule has 0 saturated heterocycles. The smallest absolute Gasteiger partial charge is 0.163 e. The van der Waals surface area contributed by atoms with E-state index in [1.165, 1.54) is 0 Å². The number of ether oxygens (including phenoxy) is 1. The lowest BCUT2D eigenvalue weighted by atomic mass is 10.0. The van der Waals surface area contributed by atoms with E-state index in [4.69, 9.17) is 4.74 Å². The Morgan fingerprint density at radius 3 is 2.38 bits per heavy atom. The van der Waals surface area contributed by atoms with Crippen LogP contribution in [0.5, 0.6) is 5.75 Å². The Labute approximate surface area is 78.5 Å². The minimum atomic E-state index is 0.0450. The van der Waals surface area contributed by atoms with E-state index in [9.17, 15) is 4.79 Å². The van der Waals surface area contributed by atoms with Gasteiger partial charge in [0.15, 0.2) is 5.78 Å². The zero-order chi connectivity index (χ0) is 10.0. The fraction of sp³-hybridized carbons (Fsp3) is 0.364. The number of ketones is 1. The van der Waals surface area contributed by atoms with Crippen LogP contribution >= 0.6 is 0 Å². The molecule has 0 fully saturated rings. The van der Waals surface area contributed by atoms with Crippen molar-refractivity contribution in [2.45, 2.75) is 20.8 Å². The van der Waals surface area contributed by atoms with Crippen molar-refractivity contribution in [1.29, 1.82) is 0 Å². The van der Waals surface area contributed by atoms with Gasteiger partial charge in [0.1, 0.15) is 5.75 Å². The van der Waals surface area contributed by atoms with Gasteiger partial charge in [-0.3, -0.25) is 4.79 Å². The third kappa shape index (κ3) is 1.89. The van der Waals surface area contributed by atoms with Gasteiger partial charge in [-0.1, -0.05) is 6.07 Å². The zero-order valence-electron chi connectivity index (χ0n) is 8.47. The lowest BCUT2D eigenvalue weighted by Crippen LogP contribution is -2.00. The lowest BCUT2D eigenvalue weighted by molar-refractivity contribution is 0.101. The van der Waals surface area contributed by atoms with Crippen molar-refractivity contribution in [3.63, 3.8) is 0 Å². The van der Waals surface area contributed by atoms with Crippen LogP contribution in [0.3, 0.4) is 0 Å². The van der Waals surface area contributed by atoms with Crippen molar-refractivity contribution in [2.24, 2.45) is 0 Å². The zero-order valence-corrected chi connectivity index (χ0v) is 8.47. The first-order valence-corrected chi connectivity index (χ1v) is 4.22. The number of carbonyl (C=O) groups excluding carboxylic acids is 1. The number of hydrogen-bond acceptors (Lipinski definition) is 2. The number of hydrogen-bond donors (Lipinski definition) is 0. The molecule has 1 aromatic rings. The van der Waals surface area contributed by atoms with Crippen LogP contribution in [0.1, 0.15) is 28.4 Å². The van der Waals surface area contributed by atoms with Gasteiger partial charge in [-0.25, -0.2) is 0 Å². The molecule has 0 aliphatic rings. The molecule has 0 heterocycles. The molecule has 0 saturated carbocycles. The summed E-state index contributed by atoms with van der Waals surface area (Å²) in [6.45, 7) is 5.47. The van der Waals surface area contributed by atoms with Crippen LogP contribution in [0.25, 0.3) is 0 Å². The topological polar surface area (TPSA) is 26.3 Å². The van der Waals surface area contributed by atoms with E-state index < -0.39 is 0 Å². The van der Waals surface area contributed by atoms with E-state index >= 15 is 0 Å². The Kier molecular flexibility index (Phi) is 2.71. The number of rotatable bonds is 2. The van der Waals surface area contributed by atoms with Crippen LogP contribution < -0.4 is 4.74 Å². The predicted octanol–water partition coefficient (Wildman–Crippen LogP) is 2.51. The van der Waals surface area contributed by atoms with Crippen LogP contribution in [-0.4, -0.2) is 12.9 Å². The molecular formula is C11H14O2. The summed E-state index contributed by atoms with van der Waals surface area (Å²) in [7, 11) is 1.59. The van der Waals surface area contributed by atoms with Crippen LogP contribution in [0.2, 0.25) is 0 Å². The third-order valence-corrected chi connectivity index (χ3v) is 2.00. The number of aryl methyl sites for hydroxylation is 2. The Morgan fingerprint density at radius 1 is 1.31 bits per heavy atom. The summed E-state index contributed by atoms with van der Waals surface area (Å²) in [6, 6.07) is 3.86. The maximum Gasteiger partial charge on any atom is 0.163 e. The second-order valence-electron chi connectivity index (χ2n) is 3.22. The minimum Gasteiger partial charge on any atom is -0.496 e. The molecular weight excluding hydrogens is 164 g/mol. The van der Waals surface area contributed by atoms with E-state index in [1.54, 1.807) is 14.0 Å². The second-order valence-corrected chi connectivity index (χ2v) is 3.22. The van der Waals surface area contributed by atoms with Crippen molar-refractivity contribution in [3.05, 3.63) is 28.8 Å². The van der Waals surface area contributed by atoms with Crippen molar-refractivity contribution in [2.75, 3.05) is 7.11 Å². The average molecular weight is 178 g/mol.